The first kappa shape index (κ1) is 19.2. The number of benzene rings is 2. The van der Waals surface area contributed by atoms with Crippen molar-refractivity contribution in [3.63, 3.8) is 0 Å². The Hall–Kier alpha value is -2.56. The van der Waals surface area contributed by atoms with E-state index in [-0.39, 0.29) is 11.5 Å². The molecule has 0 bridgehead atoms. The van der Waals surface area contributed by atoms with Gasteiger partial charge in [-0.3, -0.25) is 14.5 Å². The molecule has 1 heterocycles. The highest BCUT2D eigenvalue weighted by Crippen LogP contribution is 2.41. The van der Waals surface area contributed by atoms with Gasteiger partial charge in [0.25, 0.3) is 5.91 Å². The Labute approximate surface area is 170 Å². The molecule has 27 heavy (non-hydrogen) atoms. The molecule has 3 rings (SSSR count). The van der Waals surface area contributed by atoms with Gasteiger partial charge in [0.2, 0.25) is 5.91 Å². The number of thioether (sulfide) groups is 1. The summed E-state index contributed by atoms with van der Waals surface area (Å²) in [6, 6.07) is 18.8. The van der Waals surface area contributed by atoms with Gasteiger partial charge in [0.05, 0.1) is 5.25 Å². The third-order valence-corrected chi connectivity index (χ3v) is 5.87. The monoisotopic (exact) mass is 441 g/mol. The standard InChI is InChI=1S/C20H16BrN3O2S/c1-23-18(25)16(12-22)20-24(15-5-3-2-4-6-15)19(26)17(27-20)11-13-7-9-14(21)10-8-13/h2-10,17H,11H2,1H3,(H,23,25)/b20-16-/t17-/m0/s1. The number of rotatable bonds is 4. The topological polar surface area (TPSA) is 73.2 Å². The lowest BCUT2D eigenvalue weighted by molar-refractivity contribution is -0.117. The fourth-order valence-corrected chi connectivity index (χ4v) is 4.33. The van der Waals surface area contributed by atoms with Crippen LogP contribution in [0.1, 0.15) is 5.56 Å². The molecule has 0 aliphatic carbocycles. The number of amides is 2. The minimum absolute atomic E-state index is 0.0574. The molecule has 0 unspecified atom stereocenters. The largest absolute Gasteiger partial charge is 0.354 e. The van der Waals surface area contributed by atoms with Crippen LogP contribution in [0.5, 0.6) is 0 Å². The molecule has 7 heteroatoms. The lowest BCUT2D eigenvalue weighted by Crippen LogP contribution is -2.31. The van der Waals surface area contributed by atoms with Crippen molar-refractivity contribution in [3.8, 4) is 6.07 Å². The number of nitriles is 1. The molecule has 1 aliphatic rings. The Balaban J connectivity index is 2.02. The van der Waals surface area contributed by atoms with Gasteiger partial charge in [-0.25, -0.2) is 0 Å². The summed E-state index contributed by atoms with van der Waals surface area (Å²) in [5.74, 6) is -0.640. The lowest BCUT2D eigenvalue weighted by atomic mass is 10.1. The number of hydrogen-bond acceptors (Lipinski definition) is 4. The number of halogens is 1. The summed E-state index contributed by atoms with van der Waals surface area (Å²) >= 11 is 4.66. The fourth-order valence-electron chi connectivity index (χ4n) is 2.76. The van der Waals surface area contributed by atoms with Crippen molar-refractivity contribution >= 4 is 45.2 Å². The smallest absolute Gasteiger partial charge is 0.264 e. The summed E-state index contributed by atoms with van der Waals surface area (Å²) in [7, 11) is 1.47. The first-order valence-corrected chi connectivity index (χ1v) is 9.89. The average molecular weight is 442 g/mol. The van der Waals surface area contributed by atoms with Crippen LogP contribution < -0.4 is 10.2 Å². The first-order valence-electron chi connectivity index (χ1n) is 8.21. The molecule has 5 nitrogen and oxygen atoms in total. The second-order valence-electron chi connectivity index (χ2n) is 5.82. The number of para-hydroxylation sites is 1. The number of nitrogens with one attached hydrogen (secondary N) is 1. The van der Waals surface area contributed by atoms with Crippen molar-refractivity contribution in [1.82, 2.24) is 5.32 Å². The van der Waals surface area contributed by atoms with Crippen molar-refractivity contribution in [2.45, 2.75) is 11.7 Å². The van der Waals surface area contributed by atoms with E-state index in [2.05, 4.69) is 21.2 Å². The van der Waals surface area contributed by atoms with Crippen molar-refractivity contribution in [1.29, 1.82) is 5.26 Å². The van der Waals surface area contributed by atoms with E-state index in [4.69, 9.17) is 0 Å². The molecule has 0 saturated carbocycles. The number of hydrogen-bond donors (Lipinski definition) is 1. The highest BCUT2D eigenvalue weighted by molar-refractivity contribution is 9.10. The molecule has 1 saturated heterocycles. The van der Waals surface area contributed by atoms with Crippen LogP contribution >= 0.6 is 27.7 Å². The van der Waals surface area contributed by atoms with E-state index in [1.165, 1.54) is 23.7 Å². The summed E-state index contributed by atoms with van der Waals surface area (Å²) in [6.45, 7) is 0. The van der Waals surface area contributed by atoms with E-state index in [0.717, 1.165) is 10.0 Å². The molecule has 1 N–H and O–H groups in total. The van der Waals surface area contributed by atoms with Gasteiger partial charge in [-0.2, -0.15) is 5.26 Å². The van der Waals surface area contributed by atoms with E-state index < -0.39 is 11.2 Å². The molecule has 136 valence electrons. The molecule has 0 aromatic heterocycles. The van der Waals surface area contributed by atoms with E-state index >= 15 is 0 Å². The van der Waals surface area contributed by atoms with Gasteiger partial charge < -0.3 is 5.32 Å². The highest BCUT2D eigenvalue weighted by Gasteiger charge is 2.40. The normalized spacial score (nSPS) is 18.2. The fraction of sp³-hybridized carbons (Fsp3) is 0.150. The Morgan fingerprint density at radius 3 is 2.48 bits per heavy atom. The Kier molecular flexibility index (Phi) is 5.99. The molecule has 1 fully saturated rings. The van der Waals surface area contributed by atoms with E-state index in [1.54, 1.807) is 12.1 Å². The van der Waals surface area contributed by atoms with Crippen LogP contribution in [0.2, 0.25) is 0 Å². The van der Waals surface area contributed by atoms with Gasteiger partial charge in [0, 0.05) is 17.2 Å². The Bertz CT molecular complexity index is 936. The van der Waals surface area contributed by atoms with Crippen molar-refractivity contribution in [2.75, 3.05) is 11.9 Å². The van der Waals surface area contributed by atoms with Gasteiger partial charge in [-0.05, 0) is 36.2 Å². The molecule has 2 aromatic rings. The quantitative estimate of drug-likeness (QED) is 0.580. The van der Waals surface area contributed by atoms with Gasteiger partial charge in [-0.15, -0.1) is 0 Å². The van der Waals surface area contributed by atoms with Gasteiger partial charge in [0.15, 0.2) is 0 Å². The number of nitrogens with zero attached hydrogens (tertiary/aromatic N) is 2. The predicted molar refractivity (Wildman–Crippen MR) is 110 cm³/mol. The van der Waals surface area contributed by atoms with Crippen LogP contribution in [0.3, 0.4) is 0 Å². The number of anilines is 1. The predicted octanol–water partition coefficient (Wildman–Crippen LogP) is 3.62. The number of carbonyl (C=O) groups is 2. The van der Waals surface area contributed by atoms with E-state index in [0.29, 0.717) is 17.1 Å². The third kappa shape index (κ3) is 4.07. The van der Waals surface area contributed by atoms with Crippen LogP contribution in [-0.4, -0.2) is 24.1 Å². The molecule has 1 atom stereocenters. The van der Waals surface area contributed by atoms with Crippen LogP contribution in [0.25, 0.3) is 0 Å². The molecular formula is C20H16BrN3O2S. The van der Waals surface area contributed by atoms with E-state index in [9.17, 15) is 14.9 Å². The molecule has 2 amide bonds. The summed E-state index contributed by atoms with van der Waals surface area (Å²) in [4.78, 5) is 26.8. The maximum Gasteiger partial charge on any atom is 0.264 e. The van der Waals surface area contributed by atoms with E-state index in [1.807, 2.05) is 48.5 Å². The molecule has 1 aliphatic heterocycles. The van der Waals surface area contributed by atoms with Crippen LogP contribution in [0.15, 0.2) is 69.7 Å². The number of carbonyl (C=O) groups excluding carboxylic acids is 2. The van der Waals surface area contributed by atoms with Crippen molar-refractivity contribution in [3.05, 3.63) is 75.2 Å². The van der Waals surface area contributed by atoms with Crippen LogP contribution in [-0.2, 0) is 16.0 Å². The first-order chi connectivity index (χ1) is 13.0. The maximum absolute atomic E-state index is 13.1. The second-order valence-corrected chi connectivity index (χ2v) is 7.92. The summed E-state index contributed by atoms with van der Waals surface area (Å²) in [6.07, 6.45) is 0.510. The average Bonchev–Trinajstić information content (AvgIpc) is 3.00. The lowest BCUT2D eigenvalue weighted by Gasteiger charge is -2.18. The third-order valence-electron chi connectivity index (χ3n) is 4.08. The van der Waals surface area contributed by atoms with Crippen LogP contribution in [0.4, 0.5) is 5.69 Å². The SMILES string of the molecule is CNC(=O)/C(C#N)=C1\S[C@@H](Cc2ccc(Br)cc2)C(=O)N1c1ccccc1. The summed E-state index contributed by atoms with van der Waals surface area (Å²) < 4.78 is 0.967. The summed E-state index contributed by atoms with van der Waals surface area (Å²) in [5.41, 5.74) is 1.59. The van der Waals surface area contributed by atoms with Gasteiger partial charge in [-0.1, -0.05) is 58.0 Å². The minimum atomic E-state index is -0.502. The van der Waals surface area contributed by atoms with Gasteiger partial charge in [0.1, 0.15) is 16.7 Å². The zero-order valence-corrected chi connectivity index (χ0v) is 16.9. The molecule has 0 spiro atoms. The summed E-state index contributed by atoms with van der Waals surface area (Å²) in [5, 5.41) is 12.0. The molecule has 0 radical (unpaired) electrons. The minimum Gasteiger partial charge on any atom is -0.354 e. The zero-order valence-electron chi connectivity index (χ0n) is 14.5. The van der Waals surface area contributed by atoms with Crippen molar-refractivity contribution < 1.29 is 9.59 Å². The second kappa shape index (κ2) is 8.42. The Morgan fingerprint density at radius 2 is 1.89 bits per heavy atom. The highest BCUT2D eigenvalue weighted by atomic mass is 79.9. The zero-order chi connectivity index (χ0) is 19.4. The van der Waals surface area contributed by atoms with Crippen LogP contribution in [0, 0.1) is 11.3 Å². The van der Waals surface area contributed by atoms with Gasteiger partial charge >= 0.3 is 0 Å². The van der Waals surface area contributed by atoms with Crippen molar-refractivity contribution in [2.24, 2.45) is 0 Å². The number of likely N-dealkylation sites (N-methyl/N-ethyl adjacent to an activating group) is 1. The maximum atomic E-state index is 13.1. The Morgan fingerprint density at radius 1 is 1.22 bits per heavy atom. The molecule has 2 aromatic carbocycles. The molecular weight excluding hydrogens is 426 g/mol.